The van der Waals surface area contributed by atoms with Crippen molar-refractivity contribution in [3.05, 3.63) is 15.9 Å². The first kappa shape index (κ1) is 15.2. The second-order valence-corrected chi connectivity index (χ2v) is 5.42. The van der Waals surface area contributed by atoms with Crippen molar-refractivity contribution in [2.45, 2.75) is 59.5 Å². The van der Waals surface area contributed by atoms with Gasteiger partial charge in [-0.2, -0.15) is 5.10 Å². The quantitative estimate of drug-likeness (QED) is 0.907. The highest BCUT2D eigenvalue weighted by molar-refractivity contribution is 9.10. The molecule has 0 radical (unpaired) electrons. The number of nitrogens with zero attached hydrogens (tertiary/aromatic N) is 2. The molecule has 5 heteroatoms. The third kappa shape index (κ3) is 3.13. The molecular weight excluding hydrogens is 294 g/mol. The highest BCUT2D eigenvalue weighted by atomic mass is 79.9. The van der Waals surface area contributed by atoms with Crippen molar-refractivity contribution in [2.75, 3.05) is 0 Å². The van der Waals surface area contributed by atoms with E-state index in [-0.39, 0.29) is 18.0 Å². The Morgan fingerprint density at radius 2 is 1.94 bits per heavy atom. The average molecular weight is 316 g/mol. The van der Waals surface area contributed by atoms with Gasteiger partial charge in [0, 0.05) is 6.04 Å². The molecule has 0 bridgehead atoms. The maximum atomic E-state index is 12.2. The van der Waals surface area contributed by atoms with E-state index in [1.54, 1.807) is 4.68 Å². The summed E-state index contributed by atoms with van der Waals surface area (Å²) < 4.78 is 2.75. The van der Waals surface area contributed by atoms with E-state index >= 15 is 0 Å². The van der Waals surface area contributed by atoms with E-state index in [0.717, 1.165) is 28.7 Å². The second kappa shape index (κ2) is 6.36. The predicted molar refractivity (Wildman–Crippen MR) is 76.6 cm³/mol. The summed E-state index contributed by atoms with van der Waals surface area (Å²) in [6.45, 7) is 9.94. The fourth-order valence-electron chi connectivity index (χ4n) is 1.95. The van der Waals surface area contributed by atoms with Gasteiger partial charge in [0.15, 0.2) is 0 Å². The van der Waals surface area contributed by atoms with E-state index in [0.29, 0.717) is 0 Å². The van der Waals surface area contributed by atoms with Gasteiger partial charge in [-0.1, -0.05) is 13.8 Å². The fraction of sp³-hybridized carbons (Fsp3) is 0.692. The SMILES string of the molecule is CCC(CC)NC(=O)C(C)n1nc(C)c(Br)c1C. The van der Waals surface area contributed by atoms with Crippen LogP contribution in [0.1, 0.15) is 51.0 Å². The molecule has 0 saturated carbocycles. The van der Waals surface area contributed by atoms with E-state index in [9.17, 15) is 4.79 Å². The summed E-state index contributed by atoms with van der Waals surface area (Å²) in [4.78, 5) is 12.2. The van der Waals surface area contributed by atoms with Crippen molar-refractivity contribution < 1.29 is 4.79 Å². The maximum absolute atomic E-state index is 12.2. The van der Waals surface area contributed by atoms with Gasteiger partial charge in [-0.05, 0) is 49.5 Å². The molecule has 0 saturated heterocycles. The normalized spacial score (nSPS) is 12.8. The molecule has 1 aromatic heterocycles. The number of hydrogen-bond donors (Lipinski definition) is 1. The van der Waals surface area contributed by atoms with E-state index in [2.05, 4.69) is 40.2 Å². The largest absolute Gasteiger partial charge is 0.352 e. The standard InChI is InChI=1S/C13H22BrN3O/c1-6-11(7-2)15-13(18)10(5)17-9(4)12(14)8(3)16-17/h10-11H,6-7H2,1-5H3,(H,15,18). The predicted octanol–water partition coefficient (Wildman–Crippen LogP) is 3.13. The molecule has 1 heterocycles. The summed E-state index contributed by atoms with van der Waals surface area (Å²) in [6.07, 6.45) is 1.91. The van der Waals surface area contributed by atoms with Crippen LogP contribution in [0.3, 0.4) is 0 Å². The summed E-state index contributed by atoms with van der Waals surface area (Å²) in [7, 11) is 0. The Balaban J connectivity index is 2.83. The number of carbonyl (C=O) groups is 1. The molecule has 0 aliphatic heterocycles. The zero-order valence-corrected chi connectivity index (χ0v) is 13.3. The molecule has 1 amide bonds. The third-order valence-electron chi connectivity index (χ3n) is 3.31. The number of rotatable bonds is 5. The van der Waals surface area contributed by atoms with Gasteiger partial charge in [0.05, 0.1) is 15.9 Å². The molecule has 18 heavy (non-hydrogen) atoms. The van der Waals surface area contributed by atoms with Crippen LogP contribution in [0.4, 0.5) is 0 Å². The lowest BCUT2D eigenvalue weighted by molar-refractivity contribution is -0.124. The lowest BCUT2D eigenvalue weighted by Crippen LogP contribution is -2.38. The van der Waals surface area contributed by atoms with Gasteiger partial charge in [0.2, 0.25) is 5.91 Å². The minimum atomic E-state index is -0.282. The van der Waals surface area contributed by atoms with Crippen LogP contribution in [0.5, 0.6) is 0 Å². The molecule has 4 nitrogen and oxygen atoms in total. The molecular formula is C13H22BrN3O. The van der Waals surface area contributed by atoms with Gasteiger partial charge in [-0.15, -0.1) is 0 Å². The van der Waals surface area contributed by atoms with Gasteiger partial charge < -0.3 is 5.32 Å². The van der Waals surface area contributed by atoms with Crippen LogP contribution < -0.4 is 5.32 Å². The number of nitrogens with one attached hydrogen (secondary N) is 1. The van der Waals surface area contributed by atoms with Gasteiger partial charge in [0.1, 0.15) is 6.04 Å². The number of amides is 1. The first-order chi connectivity index (χ1) is 8.42. The van der Waals surface area contributed by atoms with Crippen molar-refractivity contribution in [3.8, 4) is 0 Å². The Kier molecular flexibility index (Phi) is 5.38. The highest BCUT2D eigenvalue weighted by Gasteiger charge is 2.21. The van der Waals surface area contributed by atoms with Crippen molar-refractivity contribution >= 4 is 21.8 Å². The topological polar surface area (TPSA) is 46.9 Å². The van der Waals surface area contributed by atoms with Crippen LogP contribution in [-0.4, -0.2) is 21.7 Å². The molecule has 0 fully saturated rings. The summed E-state index contributed by atoms with van der Waals surface area (Å²) >= 11 is 3.48. The number of hydrogen-bond acceptors (Lipinski definition) is 2. The van der Waals surface area contributed by atoms with Crippen molar-refractivity contribution in [1.29, 1.82) is 0 Å². The number of aromatic nitrogens is 2. The molecule has 1 N–H and O–H groups in total. The molecule has 1 aromatic rings. The Bertz CT molecular complexity index is 424. The molecule has 102 valence electrons. The van der Waals surface area contributed by atoms with Gasteiger partial charge in [-0.25, -0.2) is 0 Å². The number of carbonyl (C=O) groups excluding carboxylic acids is 1. The number of aryl methyl sites for hydroxylation is 1. The van der Waals surface area contributed by atoms with E-state index in [1.807, 2.05) is 20.8 Å². The lowest BCUT2D eigenvalue weighted by Gasteiger charge is -2.19. The molecule has 1 atom stereocenters. The van der Waals surface area contributed by atoms with Crippen molar-refractivity contribution in [3.63, 3.8) is 0 Å². The van der Waals surface area contributed by atoms with Gasteiger partial charge in [-0.3, -0.25) is 9.48 Å². The molecule has 0 aromatic carbocycles. The van der Waals surface area contributed by atoms with Crippen LogP contribution in [0, 0.1) is 13.8 Å². The molecule has 0 aliphatic carbocycles. The average Bonchev–Trinajstić information content (AvgIpc) is 2.62. The van der Waals surface area contributed by atoms with Crippen molar-refractivity contribution in [1.82, 2.24) is 15.1 Å². The summed E-state index contributed by atoms with van der Waals surface area (Å²) in [5.41, 5.74) is 1.90. The van der Waals surface area contributed by atoms with E-state index in [1.165, 1.54) is 0 Å². The summed E-state index contributed by atoms with van der Waals surface area (Å²) in [5, 5.41) is 7.45. The third-order valence-corrected chi connectivity index (χ3v) is 4.46. The molecule has 1 unspecified atom stereocenters. The number of halogens is 1. The zero-order chi connectivity index (χ0) is 13.9. The Hall–Kier alpha value is -0.840. The van der Waals surface area contributed by atoms with Crippen LogP contribution in [-0.2, 0) is 4.79 Å². The lowest BCUT2D eigenvalue weighted by atomic mass is 10.1. The Morgan fingerprint density at radius 3 is 2.33 bits per heavy atom. The van der Waals surface area contributed by atoms with Crippen LogP contribution in [0.25, 0.3) is 0 Å². The Morgan fingerprint density at radius 1 is 1.39 bits per heavy atom. The minimum absolute atomic E-state index is 0.0294. The van der Waals surface area contributed by atoms with Gasteiger partial charge >= 0.3 is 0 Å². The fourth-order valence-corrected chi connectivity index (χ4v) is 2.21. The minimum Gasteiger partial charge on any atom is -0.352 e. The first-order valence-corrected chi connectivity index (χ1v) is 7.23. The van der Waals surface area contributed by atoms with E-state index < -0.39 is 0 Å². The first-order valence-electron chi connectivity index (χ1n) is 6.43. The van der Waals surface area contributed by atoms with Crippen molar-refractivity contribution in [2.24, 2.45) is 0 Å². The smallest absolute Gasteiger partial charge is 0.244 e. The van der Waals surface area contributed by atoms with Crippen LogP contribution >= 0.6 is 15.9 Å². The molecule has 0 aliphatic rings. The molecule has 1 rings (SSSR count). The highest BCUT2D eigenvalue weighted by Crippen LogP contribution is 2.22. The van der Waals surface area contributed by atoms with Gasteiger partial charge in [0.25, 0.3) is 0 Å². The Labute approximate surface area is 117 Å². The molecule has 0 spiro atoms. The van der Waals surface area contributed by atoms with Crippen LogP contribution in [0.15, 0.2) is 4.47 Å². The monoisotopic (exact) mass is 315 g/mol. The second-order valence-electron chi connectivity index (χ2n) is 4.63. The summed E-state index contributed by atoms with van der Waals surface area (Å²) in [5.74, 6) is 0.0294. The maximum Gasteiger partial charge on any atom is 0.244 e. The van der Waals surface area contributed by atoms with Crippen LogP contribution in [0.2, 0.25) is 0 Å². The van der Waals surface area contributed by atoms with E-state index in [4.69, 9.17) is 0 Å². The zero-order valence-electron chi connectivity index (χ0n) is 11.7. The summed E-state index contributed by atoms with van der Waals surface area (Å²) in [6, 6.07) is -0.0315.